The molecule has 0 unspecified atom stereocenters. The van der Waals surface area contributed by atoms with E-state index in [0.717, 1.165) is 36.3 Å². The highest BCUT2D eigenvalue weighted by molar-refractivity contribution is 6.00. The Kier molecular flexibility index (Phi) is 5.96. The predicted octanol–water partition coefficient (Wildman–Crippen LogP) is 2.93. The molecule has 3 rings (SSSR count). The summed E-state index contributed by atoms with van der Waals surface area (Å²) in [4.78, 5) is 26.0. The number of carbonyl (C=O) groups excluding carboxylic acids is 2. The Morgan fingerprint density at radius 1 is 1.07 bits per heavy atom. The van der Waals surface area contributed by atoms with Crippen molar-refractivity contribution in [1.29, 1.82) is 0 Å². The smallest absolute Gasteiger partial charge is 0.264 e. The number of benzene rings is 2. The highest BCUT2D eigenvalue weighted by atomic mass is 16.5. The highest BCUT2D eigenvalue weighted by Gasteiger charge is 2.25. The topological polar surface area (TPSA) is 81.9 Å². The highest BCUT2D eigenvalue weighted by Crippen LogP contribution is 2.30. The molecular formula is C21H24N2O4. The van der Waals surface area contributed by atoms with Crippen LogP contribution < -0.4 is 20.1 Å². The number of nitrogens with two attached hydrogens (primary N) is 1. The summed E-state index contributed by atoms with van der Waals surface area (Å²) in [5, 5.41) is 0. The van der Waals surface area contributed by atoms with Crippen molar-refractivity contribution in [3.8, 4) is 11.5 Å². The van der Waals surface area contributed by atoms with Gasteiger partial charge in [-0.3, -0.25) is 9.59 Å². The summed E-state index contributed by atoms with van der Waals surface area (Å²) in [5.74, 6) is 0.765. The lowest BCUT2D eigenvalue weighted by Gasteiger charge is -2.30. The molecule has 1 aliphatic rings. The fourth-order valence-electron chi connectivity index (χ4n) is 3.19. The molecule has 0 aromatic heterocycles. The second-order valence-electron chi connectivity index (χ2n) is 6.42. The maximum Gasteiger partial charge on any atom is 0.264 e. The zero-order valence-electron chi connectivity index (χ0n) is 15.4. The summed E-state index contributed by atoms with van der Waals surface area (Å²) in [5.41, 5.74) is 7.52. The maximum absolute atomic E-state index is 12.7. The zero-order valence-corrected chi connectivity index (χ0v) is 15.4. The third-order valence-corrected chi connectivity index (χ3v) is 4.48. The number of fused-ring (bicyclic) bond motifs is 1. The normalized spacial score (nSPS) is 13.0. The Bertz CT molecular complexity index is 817. The first kappa shape index (κ1) is 18.8. The number of nitrogens with zero attached hydrogens (tertiary/aromatic N) is 1. The van der Waals surface area contributed by atoms with Crippen molar-refractivity contribution in [2.75, 3.05) is 24.7 Å². The lowest BCUT2D eigenvalue weighted by Crippen LogP contribution is -2.39. The van der Waals surface area contributed by atoms with Crippen LogP contribution in [0.1, 0.15) is 35.7 Å². The predicted molar refractivity (Wildman–Crippen MR) is 103 cm³/mol. The van der Waals surface area contributed by atoms with E-state index in [4.69, 9.17) is 15.2 Å². The Morgan fingerprint density at radius 2 is 1.78 bits per heavy atom. The fraction of sp³-hybridized carbons (Fsp3) is 0.333. The van der Waals surface area contributed by atoms with Crippen LogP contribution in [0.3, 0.4) is 0 Å². The standard InChI is InChI=1S/C21H24N2O4/c1-2-13-26-15-8-10-16(11-9-15)27-14-20(24)23-12-4-6-17-18(21(22)25)5-3-7-19(17)23/h3,5,7-11H,2,4,6,12-14H2,1H3,(H2,22,25). The van der Waals surface area contributed by atoms with Crippen LogP contribution in [0.5, 0.6) is 11.5 Å². The fourth-order valence-corrected chi connectivity index (χ4v) is 3.19. The minimum Gasteiger partial charge on any atom is -0.494 e. The minimum atomic E-state index is -0.470. The van der Waals surface area contributed by atoms with Crippen molar-refractivity contribution in [1.82, 2.24) is 0 Å². The number of ether oxygens (including phenoxy) is 2. The van der Waals surface area contributed by atoms with Crippen LogP contribution in [-0.2, 0) is 11.2 Å². The lowest BCUT2D eigenvalue weighted by molar-refractivity contribution is -0.120. The molecule has 0 aliphatic carbocycles. The first-order valence-electron chi connectivity index (χ1n) is 9.18. The summed E-state index contributed by atoms with van der Waals surface area (Å²) in [6.07, 6.45) is 2.46. The largest absolute Gasteiger partial charge is 0.494 e. The van der Waals surface area contributed by atoms with Gasteiger partial charge in [-0.25, -0.2) is 0 Å². The number of carbonyl (C=O) groups is 2. The number of anilines is 1. The second-order valence-corrected chi connectivity index (χ2v) is 6.42. The summed E-state index contributed by atoms with van der Waals surface area (Å²) in [6.45, 7) is 3.24. The van der Waals surface area contributed by atoms with E-state index in [1.54, 1.807) is 29.2 Å². The molecule has 6 heteroatoms. The Balaban J connectivity index is 1.66. The van der Waals surface area contributed by atoms with Gasteiger partial charge in [0.05, 0.1) is 6.61 Å². The lowest BCUT2D eigenvalue weighted by atomic mass is 9.96. The summed E-state index contributed by atoms with van der Waals surface area (Å²) >= 11 is 0. The number of hydrogen-bond acceptors (Lipinski definition) is 4. The van der Waals surface area contributed by atoms with Gasteiger partial charge in [0, 0.05) is 17.8 Å². The first-order chi connectivity index (χ1) is 13.1. The van der Waals surface area contributed by atoms with Gasteiger partial charge in [0.25, 0.3) is 5.91 Å². The van der Waals surface area contributed by atoms with Crippen LogP contribution in [0.4, 0.5) is 5.69 Å². The van der Waals surface area contributed by atoms with E-state index in [1.807, 2.05) is 25.1 Å². The molecule has 27 heavy (non-hydrogen) atoms. The summed E-state index contributed by atoms with van der Waals surface area (Å²) in [7, 11) is 0. The van der Waals surface area contributed by atoms with E-state index >= 15 is 0 Å². The Labute approximate surface area is 158 Å². The SMILES string of the molecule is CCCOc1ccc(OCC(=O)N2CCCc3c(C(N)=O)cccc32)cc1. The average Bonchev–Trinajstić information content (AvgIpc) is 2.70. The molecule has 0 saturated carbocycles. The van der Waals surface area contributed by atoms with E-state index in [-0.39, 0.29) is 12.5 Å². The van der Waals surface area contributed by atoms with Crippen LogP contribution in [0.25, 0.3) is 0 Å². The van der Waals surface area contributed by atoms with E-state index in [9.17, 15) is 9.59 Å². The van der Waals surface area contributed by atoms with Gasteiger partial charge in [-0.15, -0.1) is 0 Å². The van der Waals surface area contributed by atoms with Crippen LogP contribution in [0.2, 0.25) is 0 Å². The quantitative estimate of drug-likeness (QED) is 0.815. The third-order valence-electron chi connectivity index (χ3n) is 4.48. The van der Waals surface area contributed by atoms with Crippen LogP contribution in [-0.4, -0.2) is 31.6 Å². The van der Waals surface area contributed by atoms with Crippen molar-refractivity contribution in [2.45, 2.75) is 26.2 Å². The van der Waals surface area contributed by atoms with Crippen molar-refractivity contribution in [3.05, 3.63) is 53.6 Å². The number of primary amides is 1. The van der Waals surface area contributed by atoms with Crippen molar-refractivity contribution >= 4 is 17.5 Å². The molecule has 2 N–H and O–H groups in total. The Hall–Kier alpha value is -3.02. The molecule has 1 aliphatic heterocycles. The van der Waals surface area contributed by atoms with Gasteiger partial charge >= 0.3 is 0 Å². The van der Waals surface area contributed by atoms with Gasteiger partial charge in [-0.05, 0) is 61.2 Å². The zero-order chi connectivity index (χ0) is 19.2. The van der Waals surface area contributed by atoms with Gasteiger partial charge in [0.15, 0.2) is 6.61 Å². The molecule has 0 radical (unpaired) electrons. The van der Waals surface area contributed by atoms with Crippen molar-refractivity contribution in [3.63, 3.8) is 0 Å². The van der Waals surface area contributed by atoms with Crippen LogP contribution in [0, 0.1) is 0 Å². The minimum absolute atomic E-state index is 0.0740. The van der Waals surface area contributed by atoms with Gasteiger partial charge in [0.1, 0.15) is 11.5 Å². The maximum atomic E-state index is 12.7. The average molecular weight is 368 g/mol. The van der Waals surface area contributed by atoms with Crippen molar-refractivity contribution < 1.29 is 19.1 Å². The molecule has 142 valence electrons. The van der Waals surface area contributed by atoms with Gasteiger partial charge in [0.2, 0.25) is 5.91 Å². The first-order valence-corrected chi connectivity index (χ1v) is 9.18. The van der Waals surface area contributed by atoms with E-state index < -0.39 is 5.91 Å². The molecule has 0 bridgehead atoms. The monoisotopic (exact) mass is 368 g/mol. The Morgan fingerprint density at radius 3 is 2.44 bits per heavy atom. The molecule has 0 fully saturated rings. The second kappa shape index (κ2) is 8.58. The number of rotatable bonds is 7. The summed E-state index contributed by atoms with van der Waals surface area (Å²) in [6, 6.07) is 12.5. The van der Waals surface area contributed by atoms with Crippen LogP contribution >= 0.6 is 0 Å². The van der Waals surface area contributed by atoms with Gasteiger partial charge in [-0.1, -0.05) is 13.0 Å². The molecule has 0 spiro atoms. The van der Waals surface area contributed by atoms with E-state index in [0.29, 0.717) is 24.5 Å². The third kappa shape index (κ3) is 4.39. The molecule has 6 nitrogen and oxygen atoms in total. The molecule has 2 aromatic rings. The molecular weight excluding hydrogens is 344 g/mol. The molecule has 2 amide bonds. The molecule has 1 heterocycles. The van der Waals surface area contributed by atoms with E-state index in [2.05, 4.69) is 0 Å². The number of amides is 2. The summed E-state index contributed by atoms with van der Waals surface area (Å²) < 4.78 is 11.2. The molecule has 0 atom stereocenters. The van der Waals surface area contributed by atoms with Gasteiger partial charge < -0.3 is 20.1 Å². The van der Waals surface area contributed by atoms with Crippen molar-refractivity contribution in [2.24, 2.45) is 5.73 Å². The van der Waals surface area contributed by atoms with Crippen LogP contribution in [0.15, 0.2) is 42.5 Å². The molecule has 2 aromatic carbocycles. The van der Waals surface area contributed by atoms with E-state index in [1.165, 1.54) is 0 Å². The van der Waals surface area contributed by atoms with Gasteiger partial charge in [-0.2, -0.15) is 0 Å². The number of hydrogen-bond donors (Lipinski definition) is 1. The molecule has 0 saturated heterocycles.